The summed E-state index contributed by atoms with van der Waals surface area (Å²) in [4.78, 5) is 34.5. The van der Waals surface area contributed by atoms with Gasteiger partial charge in [0.1, 0.15) is 30.8 Å². The van der Waals surface area contributed by atoms with Crippen molar-refractivity contribution in [2.24, 2.45) is 0 Å². The van der Waals surface area contributed by atoms with Crippen molar-refractivity contribution in [1.82, 2.24) is 0 Å². The first kappa shape index (κ1) is 41.4. The molecular formula is C43H52O9. The number of carbonyl (C=O) groups excluding carboxylic acids is 3. The lowest BCUT2D eigenvalue weighted by Gasteiger charge is -2.17. The number of esters is 2. The number of ether oxygens (including phenoxy) is 4. The van der Waals surface area contributed by atoms with E-state index in [0.717, 1.165) is 67.7 Å². The lowest BCUT2D eigenvalue weighted by Crippen LogP contribution is -2.21. The average molecular weight is 713 g/mol. The van der Waals surface area contributed by atoms with Gasteiger partial charge < -0.3 is 29.2 Å². The molecular weight excluding hydrogens is 660 g/mol. The van der Waals surface area contributed by atoms with Crippen molar-refractivity contribution in [3.63, 3.8) is 0 Å². The van der Waals surface area contributed by atoms with Crippen molar-refractivity contribution >= 4 is 18.2 Å². The number of hydrogen-bond acceptors (Lipinski definition) is 9. The Kier molecular flexibility index (Phi) is 15.2. The molecule has 0 saturated heterocycles. The molecule has 52 heavy (non-hydrogen) atoms. The molecule has 0 radical (unpaired) electrons. The second kappa shape index (κ2) is 19.0. The average Bonchev–Trinajstić information content (AvgIpc) is 3.12. The Labute approximate surface area is 307 Å². The lowest BCUT2D eigenvalue weighted by atomic mass is 9.91. The van der Waals surface area contributed by atoms with Gasteiger partial charge in [0, 0.05) is 0 Å². The van der Waals surface area contributed by atoms with Crippen molar-refractivity contribution in [2.45, 2.75) is 73.3 Å². The fourth-order valence-corrected chi connectivity index (χ4v) is 6.07. The smallest absolute Gasteiger partial charge is 0.338 e. The van der Waals surface area contributed by atoms with Crippen molar-refractivity contribution in [1.29, 1.82) is 0 Å². The molecule has 0 bridgehead atoms. The predicted octanol–water partition coefficient (Wildman–Crippen LogP) is 8.07. The van der Waals surface area contributed by atoms with Crippen LogP contribution in [0.3, 0.4) is 0 Å². The Hall–Kier alpha value is -4.99. The zero-order valence-electron chi connectivity index (χ0n) is 32.0. The highest BCUT2D eigenvalue weighted by Gasteiger charge is 2.18. The molecule has 0 aliphatic heterocycles. The molecule has 4 aromatic rings. The number of aliphatic hydroxyl groups excluding tert-OH is 2. The van der Waals surface area contributed by atoms with E-state index in [1.807, 2.05) is 102 Å². The summed E-state index contributed by atoms with van der Waals surface area (Å²) >= 11 is 0. The number of aryl methyl sites for hydroxylation is 4. The summed E-state index contributed by atoms with van der Waals surface area (Å²) in [5.41, 5.74) is 11.0. The van der Waals surface area contributed by atoms with E-state index >= 15 is 0 Å². The zero-order chi connectivity index (χ0) is 38.7. The topological polar surface area (TPSA) is 129 Å². The van der Waals surface area contributed by atoms with E-state index in [1.54, 1.807) is 0 Å². The maximum atomic E-state index is 12.0. The minimum atomic E-state index is -0.900. The Morgan fingerprint density at radius 1 is 0.635 bits per heavy atom. The Morgan fingerprint density at radius 2 is 1.02 bits per heavy atom. The summed E-state index contributed by atoms with van der Waals surface area (Å²) < 4.78 is 20.9. The van der Waals surface area contributed by atoms with Gasteiger partial charge in [-0.3, -0.25) is 4.79 Å². The minimum Gasteiger partial charge on any atom is -0.490 e. The van der Waals surface area contributed by atoms with Gasteiger partial charge in [-0.15, -0.1) is 0 Å². The minimum absolute atomic E-state index is 0.0445. The van der Waals surface area contributed by atoms with Crippen LogP contribution in [0.25, 0.3) is 22.3 Å². The van der Waals surface area contributed by atoms with Crippen LogP contribution in [0.2, 0.25) is 0 Å². The van der Waals surface area contributed by atoms with Crippen LogP contribution in [0.5, 0.6) is 11.5 Å². The Bertz CT molecular complexity index is 1830. The van der Waals surface area contributed by atoms with Crippen molar-refractivity contribution in [3.05, 3.63) is 105 Å². The Balaban J connectivity index is 0.000000281. The quantitative estimate of drug-likeness (QED) is 0.104. The van der Waals surface area contributed by atoms with Gasteiger partial charge >= 0.3 is 11.9 Å². The molecule has 2 N–H and O–H groups in total. The summed E-state index contributed by atoms with van der Waals surface area (Å²) in [6.07, 6.45) is -0.157. The standard InChI is InChI=1S/C22H28O5.C21H24O4/c1-13(2)20-10-16(6-7-19(20)22(25)26-5)17-8-14(3)21(15(4)9-17)27-12-18(24)11-23;1-13(2)19-12-16(6-7-18(19)21(23)24-5)17-10-14(3)20(15(4)11-17)25-9-8-22/h6-10,13,18,23-24H,11-12H2,1-5H3;6-8,10-13H,9H2,1-5H3. The van der Waals surface area contributed by atoms with E-state index in [4.69, 9.17) is 24.1 Å². The molecule has 0 spiro atoms. The van der Waals surface area contributed by atoms with Crippen LogP contribution < -0.4 is 9.47 Å². The van der Waals surface area contributed by atoms with Crippen LogP contribution in [0, 0.1) is 27.7 Å². The van der Waals surface area contributed by atoms with Gasteiger partial charge in [0.2, 0.25) is 0 Å². The molecule has 4 rings (SSSR count). The second-order valence-electron chi connectivity index (χ2n) is 13.4. The third kappa shape index (κ3) is 10.3. The maximum absolute atomic E-state index is 12.0. The van der Waals surface area contributed by atoms with E-state index in [2.05, 4.69) is 13.8 Å². The zero-order valence-corrected chi connectivity index (χ0v) is 32.0. The fraction of sp³-hybridized carbons (Fsp3) is 0.372. The van der Waals surface area contributed by atoms with Crippen LogP contribution >= 0.6 is 0 Å². The van der Waals surface area contributed by atoms with Gasteiger partial charge in [0.25, 0.3) is 0 Å². The number of benzene rings is 4. The summed E-state index contributed by atoms with van der Waals surface area (Å²) in [6.45, 7) is 15.8. The molecule has 9 heteroatoms. The summed E-state index contributed by atoms with van der Waals surface area (Å²) in [7, 11) is 2.78. The van der Waals surface area contributed by atoms with Crippen LogP contribution in [0.4, 0.5) is 0 Å². The highest BCUT2D eigenvalue weighted by molar-refractivity contribution is 5.93. The van der Waals surface area contributed by atoms with Gasteiger partial charge in [0.15, 0.2) is 6.29 Å². The van der Waals surface area contributed by atoms with Gasteiger partial charge in [0.05, 0.1) is 32.0 Å². The monoisotopic (exact) mass is 712 g/mol. The second-order valence-corrected chi connectivity index (χ2v) is 13.4. The van der Waals surface area contributed by atoms with Gasteiger partial charge in [-0.1, -0.05) is 52.0 Å². The van der Waals surface area contributed by atoms with E-state index in [-0.39, 0.29) is 43.6 Å². The summed E-state index contributed by atoms with van der Waals surface area (Å²) in [6, 6.07) is 19.6. The predicted molar refractivity (Wildman–Crippen MR) is 204 cm³/mol. The number of rotatable bonds is 13. The maximum Gasteiger partial charge on any atom is 0.338 e. The molecule has 9 nitrogen and oxygen atoms in total. The molecule has 0 aliphatic rings. The summed E-state index contributed by atoms with van der Waals surface area (Å²) in [5, 5.41) is 18.4. The van der Waals surface area contributed by atoms with Crippen LogP contribution in [-0.4, -0.2) is 68.6 Å². The number of aldehydes is 1. The fourth-order valence-electron chi connectivity index (χ4n) is 6.07. The van der Waals surface area contributed by atoms with Gasteiger partial charge in [-0.05, 0) is 132 Å². The first-order chi connectivity index (χ1) is 24.7. The molecule has 4 aromatic carbocycles. The highest BCUT2D eigenvalue weighted by Crippen LogP contribution is 2.34. The summed E-state index contributed by atoms with van der Waals surface area (Å²) in [5.74, 6) is 1.19. The highest BCUT2D eigenvalue weighted by atomic mass is 16.5. The van der Waals surface area contributed by atoms with E-state index < -0.39 is 6.10 Å². The van der Waals surface area contributed by atoms with Crippen molar-refractivity contribution in [2.75, 3.05) is 34.0 Å². The van der Waals surface area contributed by atoms with Crippen molar-refractivity contribution < 1.29 is 43.5 Å². The van der Waals surface area contributed by atoms with Crippen LogP contribution in [0.1, 0.15) is 93.6 Å². The lowest BCUT2D eigenvalue weighted by molar-refractivity contribution is -0.109. The van der Waals surface area contributed by atoms with Crippen molar-refractivity contribution in [3.8, 4) is 33.8 Å². The molecule has 0 aliphatic carbocycles. The third-order valence-corrected chi connectivity index (χ3v) is 8.67. The SMILES string of the molecule is COC(=O)c1ccc(-c2cc(C)c(OCC(O)CO)c(C)c2)cc1C(C)C.COC(=O)c1ccc(-c2cc(C)c(OCC=O)c(C)c2)cc1C(C)C. The Morgan fingerprint density at radius 3 is 1.35 bits per heavy atom. The molecule has 278 valence electrons. The molecule has 0 saturated carbocycles. The molecule has 0 heterocycles. The number of hydrogen-bond donors (Lipinski definition) is 2. The van der Waals surface area contributed by atoms with E-state index in [0.29, 0.717) is 16.9 Å². The molecule has 0 amide bonds. The number of carbonyl (C=O) groups is 3. The molecule has 1 unspecified atom stereocenters. The first-order valence-electron chi connectivity index (χ1n) is 17.3. The normalized spacial score (nSPS) is 11.4. The largest absolute Gasteiger partial charge is 0.490 e. The van der Waals surface area contributed by atoms with E-state index in [1.165, 1.54) is 14.2 Å². The molecule has 0 aromatic heterocycles. The van der Waals surface area contributed by atoms with Crippen LogP contribution in [0.15, 0.2) is 60.7 Å². The molecule has 0 fully saturated rings. The van der Waals surface area contributed by atoms with E-state index in [9.17, 15) is 19.5 Å². The van der Waals surface area contributed by atoms with Gasteiger partial charge in [-0.25, -0.2) is 9.59 Å². The third-order valence-electron chi connectivity index (χ3n) is 8.67. The number of aliphatic hydroxyl groups is 2. The molecule has 1 atom stereocenters. The van der Waals surface area contributed by atoms with Gasteiger partial charge in [-0.2, -0.15) is 0 Å². The number of methoxy groups -OCH3 is 2. The van der Waals surface area contributed by atoms with Crippen LogP contribution in [-0.2, 0) is 14.3 Å². The first-order valence-corrected chi connectivity index (χ1v) is 17.3.